The van der Waals surface area contributed by atoms with Gasteiger partial charge in [-0.25, -0.2) is 4.79 Å². The summed E-state index contributed by atoms with van der Waals surface area (Å²) in [7, 11) is -3.96. The Balaban J connectivity index is 2.05. The van der Waals surface area contributed by atoms with Gasteiger partial charge in [-0.05, 0) is 11.1 Å². The van der Waals surface area contributed by atoms with Crippen molar-refractivity contribution < 1.29 is 28.9 Å². The lowest BCUT2D eigenvalue weighted by Crippen LogP contribution is -2.37. The van der Waals surface area contributed by atoms with Crippen LogP contribution in [0.5, 0.6) is 0 Å². The summed E-state index contributed by atoms with van der Waals surface area (Å²) in [6.07, 6.45) is -1.63. The molecule has 27 heavy (non-hydrogen) atoms. The second-order valence-corrected chi connectivity index (χ2v) is 8.62. The fourth-order valence-corrected chi connectivity index (χ4v) is 4.07. The first-order valence-electron chi connectivity index (χ1n) is 8.41. The van der Waals surface area contributed by atoms with Crippen LogP contribution >= 0.6 is 7.37 Å². The molecule has 0 aliphatic rings. The molecule has 0 heterocycles. The number of ether oxygens (including phenoxy) is 1. The molecule has 0 fully saturated rings. The van der Waals surface area contributed by atoms with Gasteiger partial charge >= 0.3 is 12.1 Å². The summed E-state index contributed by atoms with van der Waals surface area (Å²) in [5.74, 6) is -2.31. The summed E-state index contributed by atoms with van der Waals surface area (Å²) in [4.78, 5) is 33.2. The van der Waals surface area contributed by atoms with E-state index >= 15 is 0 Å². The molecular formula is C19H22NO6P. The quantitative estimate of drug-likeness (QED) is 0.566. The van der Waals surface area contributed by atoms with Gasteiger partial charge in [-0.3, -0.25) is 9.36 Å². The fraction of sp³-hybridized carbons (Fsp3) is 0.263. The van der Waals surface area contributed by atoms with E-state index in [0.29, 0.717) is 0 Å². The fourth-order valence-electron chi connectivity index (χ4n) is 2.44. The van der Waals surface area contributed by atoms with Gasteiger partial charge in [-0.1, -0.05) is 60.7 Å². The van der Waals surface area contributed by atoms with Crippen molar-refractivity contribution in [2.75, 3.05) is 6.16 Å². The van der Waals surface area contributed by atoms with Crippen LogP contribution in [0.15, 0.2) is 60.7 Å². The van der Waals surface area contributed by atoms with Crippen LogP contribution in [0.25, 0.3) is 0 Å². The Bertz CT molecular complexity index is 796. The molecule has 2 aromatic carbocycles. The number of hydrogen-bond acceptors (Lipinski definition) is 4. The Morgan fingerprint density at radius 1 is 1.00 bits per heavy atom. The van der Waals surface area contributed by atoms with Gasteiger partial charge in [0.2, 0.25) is 7.37 Å². The van der Waals surface area contributed by atoms with E-state index in [-0.39, 0.29) is 13.0 Å². The molecule has 0 saturated heterocycles. The average molecular weight is 391 g/mol. The van der Waals surface area contributed by atoms with E-state index in [1.54, 1.807) is 36.4 Å². The first kappa shape index (κ1) is 20.7. The maximum atomic E-state index is 12.7. The maximum absolute atomic E-state index is 12.7. The van der Waals surface area contributed by atoms with Crippen molar-refractivity contribution in [3.8, 4) is 0 Å². The van der Waals surface area contributed by atoms with Crippen molar-refractivity contribution in [1.82, 2.24) is 5.32 Å². The van der Waals surface area contributed by atoms with Crippen LogP contribution in [0.4, 0.5) is 4.79 Å². The molecule has 0 bridgehead atoms. The number of benzene rings is 2. The molecule has 2 aromatic rings. The third kappa shape index (κ3) is 7.25. The molecule has 8 heteroatoms. The predicted molar refractivity (Wildman–Crippen MR) is 101 cm³/mol. The number of carboxylic acid groups (broad SMARTS) is 1. The lowest BCUT2D eigenvalue weighted by molar-refractivity contribution is -0.136. The van der Waals surface area contributed by atoms with E-state index in [2.05, 4.69) is 5.32 Å². The Morgan fingerprint density at radius 2 is 1.56 bits per heavy atom. The normalized spacial score (nSPS) is 14.0. The van der Waals surface area contributed by atoms with Gasteiger partial charge in [-0.2, -0.15) is 0 Å². The van der Waals surface area contributed by atoms with E-state index in [4.69, 9.17) is 9.84 Å². The van der Waals surface area contributed by atoms with Crippen molar-refractivity contribution in [3.05, 3.63) is 71.8 Å². The Hall–Kier alpha value is -2.63. The molecule has 2 rings (SSSR count). The molecule has 2 unspecified atom stereocenters. The zero-order chi connectivity index (χ0) is 19.7. The van der Waals surface area contributed by atoms with Crippen LogP contribution < -0.4 is 5.32 Å². The zero-order valence-corrected chi connectivity index (χ0v) is 15.5. The van der Waals surface area contributed by atoms with Crippen molar-refractivity contribution in [2.45, 2.75) is 25.2 Å². The van der Waals surface area contributed by atoms with Crippen LogP contribution in [0.3, 0.4) is 0 Å². The summed E-state index contributed by atoms with van der Waals surface area (Å²) < 4.78 is 17.8. The molecule has 2 atom stereocenters. The molecule has 0 spiro atoms. The number of hydrogen-bond donors (Lipinski definition) is 3. The number of aliphatic carboxylic acids is 1. The highest BCUT2D eigenvalue weighted by atomic mass is 31.2. The van der Waals surface area contributed by atoms with Crippen molar-refractivity contribution in [2.24, 2.45) is 0 Å². The highest BCUT2D eigenvalue weighted by Crippen LogP contribution is 2.46. The minimum atomic E-state index is -3.96. The number of carboxylic acids is 1. The topological polar surface area (TPSA) is 113 Å². The van der Waals surface area contributed by atoms with Gasteiger partial charge < -0.3 is 20.1 Å². The largest absolute Gasteiger partial charge is 0.481 e. The minimum absolute atomic E-state index is 0.0234. The number of nitrogens with one attached hydrogen (secondary N) is 1. The summed E-state index contributed by atoms with van der Waals surface area (Å²) in [5.41, 5.74) is 1.53. The summed E-state index contributed by atoms with van der Waals surface area (Å²) in [6, 6.07) is 17.9. The smallest absolute Gasteiger partial charge is 0.408 e. The second-order valence-electron chi connectivity index (χ2n) is 6.03. The molecule has 0 aromatic heterocycles. The SMILES string of the molecule is O=C(O)CCP(=O)(O)C(Cc1ccccc1)NC(=O)OCc1ccccc1. The number of amides is 1. The Morgan fingerprint density at radius 3 is 2.11 bits per heavy atom. The average Bonchev–Trinajstić information content (AvgIpc) is 2.66. The molecule has 7 nitrogen and oxygen atoms in total. The van der Waals surface area contributed by atoms with Gasteiger partial charge in [0.05, 0.1) is 6.42 Å². The van der Waals surface area contributed by atoms with Crippen molar-refractivity contribution in [1.29, 1.82) is 0 Å². The van der Waals surface area contributed by atoms with E-state index in [1.807, 2.05) is 24.3 Å². The number of carbonyl (C=O) groups is 2. The molecule has 144 valence electrons. The minimum Gasteiger partial charge on any atom is -0.481 e. The highest BCUT2D eigenvalue weighted by molar-refractivity contribution is 7.58. The molecule has 0 aliphatic carbocycles. The van der Waals surface area contributed by atoms with Crippen LogP contribution in [0, 0.1) is 0 Å². The third-order valence-corrected chi connectivity index (χ3v) is 6.05. The third-order valence-electron chi connectivity index (χ3n) is 3.90. The number of alkyl carbamates (subject to hydrolysis) is 1. The van der Waals surface area contributed by atoms with Gasteiger partial charge in [0.1, 0.15) is 12.4 Å². The molecular weight excluding hydrogens is 369 g/mol. The molecule has 0 radical (unpaired) electrons. The van der Waals surface area contributed by atoms with E-state index < -0.39 is 37.8 Å². The van der Waals surface area contributed by atoms with Gasteiger partial charge in [-0.15, -0.1) is 0 Å². The Kier molecular flexibility index (Phi) is 7.58. The molecule has 0 saturated carbocycles. The number of rotatable bonds is 9. The molecule has 1 amide bonds. The van der Waals surface area contributed by atoms with E-state index in [9.17, 15) is 19.0 Å². The lowest BCUT2D eigenvalue weighted by Gasteiger charge is -2.24. The maximum Gasteiger partial charge on any atom is 0.408 e. The van der Waals surface area contributed by atoms with Gasteiger partial charge in [0.25, 0.3) is 0 Å². The first-order valence-corrected chi connectivity index (χ1v) is 10.3. The predicted octanol–water partition coefficient (Wildman–Crippen LogP) is 3.23. The van der Waals surface area contributed by atoms with E-state index in [1.165, 1.54) is 0 Å². The lowest BCUT2D eigenvalue weighted by atomic mass is 10.1. The Labute approximate surface area is 157 Å². The van der Waals surface area contributed by atoms with Gasteiger partial charge in [0.15, 0.2) is 0 Å². The van der Waals surface area contributed by atoms with Crippen LogP contribution in [-0.4, -0.2) is 34.0 Å². The molecule has 0 aliphatic heterocycles. The summed E-state index contributed by atoms with van der Waals surface area (Å²) >= 11 is 0. The van der Waals surface area contributed by atoms with Crippen LogP contribution in [0.2, 0.25) is 0 Å². The van der Waals surface area contributed by atoms with Crippen LogP contribution in [-0.2, 0) is 27.1 Å². The zero-order valence-electron chi connectivity index (χ0n) is 14.7. The summed E-state index contributed by atoms with van der Waals surface area (Å²) in [5, 5.41) is 11.2. The highest BCUT2D eigenvalue weighted by Gasteiger charge is 2.33. The first-order chi connectivity index (χ1) is 12.9. The van der Waals surface area contributed by atoms with E-state index in [0.717, 1.165) is 11.1 Å². The van der Waals surface area contributed by atoms with Crippen LogP contribution in [0.1, 0.15) is 17.5 Å². The second kappa shape index (κ2) is 9.90. The monoisotopic (exact) mass is 391 g/mol. The standard InChI is InChI=1S/C19H22NO6P/c21-18(22)11-12-27(24,25)17(13-15-7-3-1-4-8-15)20-19(23)26-14-16-9-5-2-6-10-16/h1-10,17H,11-14H2,(H,20,23)(H,21,22)(H,24,25). The van der Waals surface area contributed by atoms with Gasteiger partial charge in [0, 0.05) is 12.6 Å². The number of carbonyl (C=O) groups excluding carboxylic acids is 1. The van der Waals surface area contributed by atoms with Crippen molar-refractivity contribution >= 4 is 19.4 Å². The van der Waals surface area contributed by atoms with Crippen molar-refractivity contribution in [3.63, 3.8) is 0 Å². The summed E-state index contributed by atoms with van der Waals surface area (Å²) in [6.45, 7) is 0.0234. The molecule has 3 N–H and O–H groups in total.